The minimum atomic E-state index is -0.308. The molecule has 34 heavy (non-hydrogen) atoms. The van der Waals surface area contributed by atoms with Crippen molar-refractivity contribution in [2.24, 2.45) is 11.8 Å². The van der Waals surface area contributed by atoms with Gasteiger partial charge < -0.3 is 9.80 Å². The molecule has 2 atom stereocenters. The van der Waals surface area contributed by atoms with Gasteiger partial charge in [0.25, 0.3) is 11.8 Å². The van der Waals surface area contributed by atoms with Gasteiger partial charge in [-0.1, -0.05) is 13.8 Å². The molecule has 0 unspecified atom stereocenters. The molecule has 8 nitrogen and oxygen atoms in total. The molecule has 4 aliphatic rings. The van der Waals surface area contributed by atoms with Gasteiger partial charge in [0.05, 0.1) is 50.4 Å². The van der Waals surface area contributed by atoms with Crippen molar-refractivity contribution in [2.75, 3.05) is 36.0 Å². The van der Waals surface area contributed by atoms with Crippen LogP contribution in [0, 0.1) is 11.8 Å². The first-order valence-corrected chi connectivity index (χ1v) is 12.9. The summed E-state index contributed by atoms with van der Waals surface area (Å²) in [6, 6.07) is 6.12. The Kier molecular flexibility index (Phi) is 6.29. The molecule has 0 bridgehead atoms. The highest BCUT2D eigenvalue weighted by Gasteiger charge is 2.48. The van der Waals surface area contributed by atoms with E-state index < -0.39 is 0 Å². The van der Waals surface area contributed by atoms with Crippen LogP contribution in [0.25, 0.3) is 0 Å². The molecule has 0 spiro atoms. The average molecular weight is 469 g/mol. The Morgan fingerprint density at radius 3 is 1.26 bits per heavy atom. The normalized spacial score (nSPS) is 34.9. The van der Waals surface area contributed by atoms with E-state index in [1.807, 2.05) is 0 Å². The minimum absolute atomic E-state index is 0.140. The lowest BCUT2D eigenvalue weighted by molar-refractivity contribution is -0.920. The Morgan fingerprint density at radius 1 is 0.618 bits per heavy atom. The van der Waals surface area contributed by atoms with Crippen molar-refractivity contribution in [2.45, 2.75) is 64.5 Å². The summed E-state index contributed by atoms with van der Waals surface area (Å²) in [7, 11) is 0. The number of carbonyl (C=O) groups excluding carboxylic acids is 4. The zero-order chi connectivity index (χ0) is 24.0. The summed E-state index contributed by atoms with van der Waals surface area (Å²) in [5.74, 6) is 0.721. The second-order valence-electron chi connectivity index (χ2n) is 10.8. The summed E-state index contributed by atoms with van der Waals surface area (Å²) >= 11 is 0. The van der Waals surface area contributed by atoms with Crippen LogP contribution >= 0.6 is 0 Å². The molecule has 1 aromatic rings. The number of amides is 4. The molecule has 0 aromatic heterocycles. The van der Waals surface area contributed by atoms with Gasteiger partial charge in [-0.3, -0.25) is 19.2 Å². The van der Waals surface area contributed by atoms with Gasteiger partial charge in [-0.25, -0.2) is 9.80 Å². The van der Waals surface area contributed by atoms with Gasteiger partial charge in [0, 0.05) is 0 Å². The topological polar surface area (TPSA) is 83.6 Å². The molecule has 4 fully saturated rings. The molecule has 5 rings (SSSR count). The van der Waals surface area contributed by atoms with Crippen LogP contribution in [0.4, 0.5) is 11.4 Å². The van der Waals surface area contributed by atoms with Crippen LogP contribution in [0.5, 0.6) is 0 Å². The molecule has 1 aromatic carbocycles. The number of hydrogen-bond donors (Lipinski definition) is 2. The van der Waals surface area contributed by atoms with E-state index in [2.05, 4.69) is 13.8 Å². The van der Waals surface area contributed by atoms with E-state index in [-0.39, 0.29) is 48.6 Å². The van der Waals surface area contributed by atoms with Crippen LogP contribution in [0.15, 0.2) is 24.3 Å². The molecule has 182 valence electrons. The number of hydrogen-bond acceptors (Lipinski definition) is 4. The third-order valence-corrected chi connectivity index (χ3v) is 8.48. The van der Waals surface area contributed by atoms with Crippen molar-refractivity contribution in [1.29, 1.82) is 0 Å². The van der Waals surface area contributed by atoms with Crippen LogP contribution in [0.1, 0.15) is 52.4 Å². The van der Waals surface area contributed by atoms with E-state index >= 15 is 0 Å². The Balaban J connectivity index is 1.28. The van der Waals surface area contributed by atoms with E-state index in [0.717, 1.165) is 51.9 Å². The average Bonchev–Trinajstić information content (AvgIpc) is 3.29. The molecule has 0 radical (unpaired) electrons. The fourth-order valence-corrected chi connectivity index (χ4v) is 6.16. The Morgan fingerprint density at radius 2 is 0.941 bits per heavy atom. The van der Waals surface area contributed by atoms with E-state index in [1.165, 1.54) is 19.6 Å². The molecular formula is C26H36N4O4+2. The zero-order valence-electron chi connectivity index (χ0n) is 20.2. The maximum absolute atomic E-state index is 13.1. The molecule has 4 amide bonds. The Bertz CT molecular complexity index is 898. The first-order chi connectivity index (χ1) is 16.3. The fraction of sp³-hybridized carbons (Fsp3) is 0.615. The van der Waals surface area contributed by atoms with Gasteiger partial charge in [0.1, 0.15) is 0 Å². The second-order valence-corrected chi connectivity index (χ2v) is 10.8. The van der Waals surface area contributed by atoms with Crippen LogP contribution in [0.2, 0.25) is 0 Å². The number of anilines is 2. The molecule has 8 heteroatoms. The number of quaternary nitrogens is 2. The highest BCUT2D eigenvalue weighted by molar-refractivity contribution is 6.23. The van der Waals surface area contributed by atoms with Gasteiger partial charge in [0.2, 0.25) is 11.8 Å². The van der Waals surface area contributed by atoms with E-state index in [1.54, 1.807) is 24.3 Å². The van der Waals surface area contributed by atoms with Crippen molar-refractivity contribution < 1.29 is 29.0 Å². The molecular weight excluding hydrogens is 432 g/mol. The summed E-state index contributed by atoms with van der Waals surface area (Å²) in [5.41, 5.74) is 1.02. The highest BCUT2D eigenvalue weighted by atomic mass is 16.2. The van der Waals surface area contributed by atoms with Crippen LogP contribution in [-0.2, 0) is 19.2 Å². The third-order valence-electron chi connectivity index (χ3n) is 8.48. The van der Waals surface area contributed by atoms with Crippen molar-refractivity contribution in [1.82, 2.24) is 0 Å². The summed E-state index contributed by atoms with van der Waals surface area (Å²) in [4.78, 5) is 56.8. The molecule has 4 aliphatic heterocycles. The number of nitrogens with one attached hydrogen (secondary N) is 2. The van der Waals surface area contributed by atoms with Crippen LogP contribution in [0.3, 0.4) is 0 Å². The van der Waals surface area contributed by atoms with Gasteiger partial charge >= 0.3 is 0 Å². The largest absolute Gasteiger partial charge is 0.324 e. The summed E-state index contributed by atoms with van der Waals surface area (Å²) in [6.45, 7) is 8.18. The number of rotatable bonds is 4. The fourth-order valence-electron chi connectivity index (χ4n) is 6.16. The van der Waals surface area contributed by atoms with Crippen molar-refractivity contribution in [3.8, 4) is 0 Å². The number of piperidine rings is 2. The molecule has 0 aliphatic carbocycles. The Hall–Kier alpha value is -2.58. The number of carbonyl (C=O) groups is 4. The number of nitrogens with zero attached hydrogens (tertiary/aromatic N) is 2. The lowest BCUT2D eigenvalue weighted by atomic mass is 9.97. The first-order valence-electron chi connectivity index (χ1n) is 12.9. The van der Waals surface area contributed by atoms with Gasteiger partial charge in [0.15, 0.2) is 12.1 Å². The third kappa shape index (κ3) is 4.18. The molecule has 4 heterocycles. The predicted octanol–water partition coefficient (Wildman–Crippen LogP) is -0.420. The summed E-state index contributed by atoms with van der Waals surface area (Å²) < 4.78 is 0. The van der Waals surface area contributed by atoms with Crippen molar-refractivity contribution in [3.63, 3.8) is 0 Å². The van der Waals surface area contributed by atoms with Gasteiger partial charge in [-0.2, -0.15) is 0 Å². The monoisotopic (exact) mass is 468 g/mol. The predicted molar refractivity (Wildman–Crippen MR) is 126 cm³/mol. The Labute approximate surface area is 200 Å². The summed E-state index contributed by atoms with van der Waals surface area (Å²) in [5, 5.41) is 0. The van der Waals surface area contributed by atoms with Crippen molar-refractivity contribution in [3.05, 3.63) is 24.3 Å². The number of likely N-dealkylation sites (tertiary alicyclic amines) is 2. The smallest absolute Gasteiger partial charge is 0.292 e. The standard InChI is InChI=1S/C26H34N4O4/c1-17-7-11-27(12-8-17)21-15-23(31)29(25(21)33)19-3-5-20(6-4-19)30-24(32)16-22(26(30)34)28-13-9-18(2)10-14-28/h3-6,17-18,21-22H,7-16H2,1-2H3/p+2/t21-,22+. The maximum atomic E-state index is 13.1. The van der Waals surface area contributed by atoms with Gasteiger partial charge in [-0.15, -0.1) is 0 Å². The molecule has 4 saturated heterocycles. The maximum Gasteiger partial charge on any atom is 0.292 e. The quantitative estimate of drug-likeness (QED) is 0.588. The SMILES string of the molecule is CC1CC[NH+]([C@@H]2CC(=O)N(c3ccc(N4C(=O)C[C@H]([NH+]5CCC(C)CC5)C4=O)cc3)C2=O)CC1. The lowest BCUT2D eigenvalue weighted by Crippen LogP contribution is -3.17. The molecule has 2 N–H and O–H groups in total. The number of imide groups is 2. The number of benzene rings is 1. The first kappa shape index (κ1) is 23.2. The van der Waals surface area contributed by atoms with Gasteiger partial charge in [-0.05, 0) is 61.8 Å². The lowest BCUT2D eigenvalue weighted by Gasteiger charge is -2.30. The molecule has 0 saturated carbocycles. The highest BCUT2D eigenvalue weighted by Crippen LogP contribution is 2.28. The van der Waals surface area contributed by atoms with E-state index in [4.69, 9.17) is 0 Å². The van der Waals surface area contributed by atoms with Crippen molar-refractivity contribution >= 4 is 35.0 Å². The summed E-state index contributed by atoms with van der Waals surface area (Å²) in [6.07, 6.45) is 4.81. The van der Waals surface area contributed by atoms with Crippen LogP contribution in [-0.4, -0.2) is 61.9 Å². The minimum Gasteiger partial charge on any atom is -0.324 e. The zero-order valence-corrected chi connectivity index (χ0v) is 20.2. The van der Waals surface area contributed by atoms with Crippen LogP contribution < -0.4 is 19.6 Å². The second kappa shape index (κ2) is 9.23. The van der Waals surface area contributed by atoms with E-state index in [9.17, 15) is 19.2 Å². The van der Waals surface area contributed by atoms with E-state index in [0.29, 0.717) is 23.2 Å².